The minimum Gasteiger partial charge on any atom is -0.354 e. The van der Waals surface area contributed by atoms with Crippen molar-refractivity contribution in [2.45, 2.75) is 39.8 Å². The van der Waals surface area contributed by atoms with Crippen LogP contribution in [-0.4, -0.2) is 20.9 Å². The molecule has 0 heterocycles. The minimum atomic E-state index is -5.27. The topological polar surface area (TPSA) is 125 Å². The molecule has 0 saturated carbocycles. The van der Waals surface area contributed by atoms with E-state index in [0.717, 1.165) is 11.1 Å². The zero-order valence-electron chi connectivity index (χ0n) is 15.2. The summed E-state index contributed by atoms with van der Waals surface area (Å²) >= 11 is 0. The Hall–Kier alpha value is -1.31. The number of allylic oxidation sites excluding steroid dienone is 3. The summed E-state index contributed by atoms with van der Waals surface area (Å²) in [4.78, 5) is 27.0. The van der Waals surface area contributed by atoms with Crippen LogP contribution in [0.25, 0.3) is 0 Å². The zero-order valence-corrected chi connectivity index (χ0v) is 17.0. The molecule has 1 aromatic carbocycles. The molecule has 0 fully saturated rings. The molecular weight excluding hydrogens is 399 g/mol. The predicted octanol–water partition coefficient (Wildman–Crippen LogP) is 4.48. The number of para-hydroxylation sites is 1. The average molecular weight is 423 g/mol. The van der Waals surface area contributed by atoms with Crippen LogP contribution in [0, 0.1) is 5.82 Å². The van der Waals surface area contributed by atoms with Crippen LogP contribution < -0.4 is 5.32 Å². The van der Waals surface area contributed by atoms with E-state index >= 15 is 0 Å². The van der Waals surface area contributed by atoms with E-state index in [0.29, 0.717) is 12.8 Å². The van der Waals surface area contributed by atoms with E-state index in [1.165, 1.54) is 24.3 Å². The highest BCUT2D eigenvalue weighted by Crippen LogP contribution is 2.58. The Morgan fingerprint density at radius 3 is 2.41 bits per heavy atom. The summed E-state index contributed by atoms with van der Waals surface area (Å²) < 4.78 is 45.1. The van der Waals surface area contributed by atoms with Crippen molar-refractivity contribution in [3.63, 3.8) is 0 Å². The van der Waals surface area contributed by atoms with Gasteiger partial charge in [0.05, 0.1) is 5.69 Å². The first-order valence-electron chi connectivity index (χ1n) is 7.98. The van der Waals surface area contributed by atoms with Crippen LogP contribution in [0.3, 0.4) is 0 Å². The number of nitrogens with one attached hydrogen (secondary N) is 1. The number of phosphoric acid groups is 2. The fourth-order valence-corrected chi connectivity index (χ4v) is 3.69. The Morgan fingerprint density at radius 1 is 1.22 bits per heavy atom. The average Bonchev–Trinajstić information content (AvgIpc) is 2.46. The lowest BCUT2D eigenvalue weighted by atomic mass is 10.1. The van der Waals surface area contributed by atoms with Crippen molar-refractivity contribution in [1.29, 1.82) is 0 Å². The van der Waals surface area contributed by atoms with Crippen molar-refractivity contribution >= 4 is 21.3 Å². The molecule has 0 amide bonds. The van der Waals surface area contributed by atoms with Gasteiger partial charge in [-0.3, -0.25) is 4.52 Å². The van der Waals surface area contributed by atoms with Gasteiger partial charge in [0.25, 0.3) is 0 Å². The Balaban J connectivity index is 3.01. The molecular formula is C16H24FNO7P2. The smallest absolute Gasteiger partial charge is 0.354 e. The normalized spacial score (nSPS) is 15.7. The fourth-order valence-electron chi connectivity index (χ4n) is 2.06. The van der Waals surface area contributed by atoms with E-state index in [1.54, 1.807) is 13.0 Å². The molecule has 0 aliphatic rings. The Labute approximate surface area is 157 Å². The van der Waals surface area contributed by atoms with Gasteiger partial charge >= 0.3 is 15.6 Å². The molecule has 0 spiro atoms. The summed E-state index contributed by atoms with van der Waals surface area (Å²) in [6, 6.07) is 5.56. The van der Waals surface area contributed by atoms with Gasteiger partial charge in [-0.05, 0) is 51.8 Å². The maximum Gasteiger partial charge on any atom is 0.483 e. The van der Waals surface area contributed by atoms with Crippen LogP contribution in [0.15, 0.2) is 47.6 Å². The van der Waals surface area contributed by atoms with Crippen molar-refractivity contribution in [3.05, 3.63) is 53.4 Å². The lowest BCUT2D eigenvalue weighted by Crippen LogP contribution is -2.21. The van der Waals surface area contributed by atoms with Gasteiger partial charge in [0.2, 0.25) is 0 Å². The van der Waals surface area contributed by atoms with Crippen LogP contribution in [0.1, 0.15) is 33.6 Å². The van der Waals surface area contributed by atoms with Crippen molar-refractivity contribution < 1.29 is 37.0 Å². The largest absolute Gasteiger partial charge is 0.483 e. The molecule has 4 N–H and O–H groups in total. The third kappa shape index (κ3) is 10.6. The second-order valence-corrected chi connectivity index (χ2v) is 8.81. The molecule has 0 aromatic heterocycles. The van der Waals surface area contributed by atoms with E-state index in [2.05, 4.69) is 9.63 Å². The van der Waals surface area contributed by atoms with E-state index in [1.807, 2.05) is 19.9 Å². The Bertz CT molecular complexity index is 787. The molecule has 0 aliphatic carbocycles. The van der Waals surface area contributed by atoms with Crippen molar-refractivity contribution in [3.8, 4) is 0 Å². The Morgan fingerprint density at radius 2 is 1.85 bits per heavy atom. The van der Waals surface area contributed by atoms with Crippen LogP contribution in [0.5, 0.6) is 0 Å². The maximum absolute atomic E-state index is 13.8. The molecule has 27 heavy (non-hydrogen) atoms. The highest BCUT2D eigenvalue weighted by atomic mass is 31.3. The molecule has 152 valence electrons. The summed E-state index contributed by atoms with van der Waals surface area (Å²) in [6.07, 6.45) is 3.37. The first-order valence-corrected chi connectivity index (χ1v) is 11.0. The summed E-state index contributed by atoms with van der Waals surface area (Å²) in [5, 5.41) is 2.57. The summed E-state index contributed by atoms with van der Waals surface area (Å²) in [7, 11) is -10.4. The second-order valence-electron chi connectivity index (χ2n) is 6.02. The predicted molar refractivity (Wildman–Crippen MR) is 100 cm³/mol. The SMILES string of the molecule is CC(C)=CCCC(C)=CC(Nc1ccccc1F)OP(=O)(O)OP(=O)(O)O. The fraction of sp³-hybridized carbons (Fsp3) is 0.375. The van der Waals surface area contributed by atoms with Crippen LogP contribution >= 0.6 is 15.6 Å². The van der Waals surface area contributed by atoms with E-state index in [-0.39, 0.29) is 5.69 Å². The lowest BCUT2D eigenvalue weighted by molar-refractivity contribution is 0.161. The minimum absolute atomic E-state index is 0.0213. The van der Waals surface area contributed by atoms with Gasteiger partial charge < -0.3 is 20.0 Å². The third-order valence-corrected chi connectivity index (χ3v) is 5.32. The maximum atomic E-state index is 13.8. The third-order valence-electron chi connectivity index (χ3n) is 3.16. The van der Waals surface area contributed by atoms with Gasteiger partial charge in [0, 0.05) is 0 Å². The molecule has 8 nitrogen and oxygen atoms in total. The summed E-state index contributed by atoms with van der Waals surface area (Å²) in [5.74, 6) is -0.634. The summed E-state index contributed by atoms with van der Waals surface area (Å²) in [5.41, 5.74) is 1.86. The molecule has 2 atom stereocenters. The number of benzene rings is 1. The standard InChI is InChI=1S/C16H24FNO7P2/c1-12(2)7-6-8-13(3)11-16(18-15-10-5-4-9-14(15)17)24-27(22,23)25-26(19,20)21/h4-5,7,9-11,16,18H,6,8H2,1-3H3,(H,22,23)(H2,19,20,21). The summed E-state index contributed by atoms with van der Waals surface area (Å²) in [6.45, 7) is 5.64. The van der Waals surface area contributed by atoms with Crippen LogP contribution in [0.4, 0.5) is 10.1 Å². The van der Waals surface area contributed by atoms with Gasteiger partial charge in [-0.15, -0.1) is 0 Å². The molecule has 2 unspecified atom stereocenters. The number of anilines is 1. The number of hydrogen-bond donors (Lipinski definition) is 4. The van der Waals surface area contributed by atoms with Gasteiger partial charge in [-0.2, -0.15) is 4.31 Å². The van der Waals surface area contributed by atoms with E-state index in [9.17, 15) is 18.4 Å². The lowest BCUT2D eigenvalue weighted by Gasteiger charge is -2.21. The van der Waals surface area contributed by atoms with Gasteiger partial charge in [0.15, 0.2) is 6.23 Å². The zero-order chi connectivity index (χ0) is 20.7. The molecule has 1 rings (SSSR count). The van der Waals surface area contributed by atoms with Gasteiger partial charge in [-0.1, -0.05) is 29.4 Å². The number of rotatable bonds is 10. The van der Waals surface area contributed by atoms with Crippen molar-refractivity contribution in [2.24, 2.45) is 0 Å². The van der Waals surface area contributed by atoms with E-state index in [4.69, 9.17) is 14.3 Å². The molecule has 0 bridgehead atoms. The highest BCUT2D eigenvalue weighted by Gasteiger charge is 2.34. The van der Waals surface area contributed by atoms with Crippen LogP contribution in [0.2, 0.25) is 0 Å². The molecule has 11 heteroatoms. The van der Waals surface area contributed by atoms with Crippen molar-refractivity contribution in [1.82, 2.24) is 0 Å². The van der Waals surface area contributed by atoms with Crippen molar-refractivity contribution in [2.75, 3.05) is 5.32 Å². The number of halogens is 1. The van der Waals surface area contributed by atoms with Gasteiger partial charge in [0.1, 0.15) is 5.82 Å². The molecule has 0 saturated heterocycles. The monoisotopic (exact) mass is 423 g/mol. The van der Waals surface area contributed by atoms with Crippen LogP contribution in [-0.2, 0) is 18.0 Å². The molecule has 0 aliphatic heterocycles. The van der Waals surface area contributed by atoms with E-state index < -0.39 is 27.7 Å². The first-order chi connectivity index (χ1) is 12.4. The first kappa shape index (κ1) is 23.7. The molecule has 0 radical (unpaired) electrons. The quantitative estimate of drug-likeness (QED) is 0.247. The number of hydrogen-bond acceptors (Lipinski definition) is 5. The highest BCUT2D eigenvalue weighted by molar-refractivity contribution is 7.60. The van der Waals surface area contributed by atoms with Gasteiger partial charge in [-0.25, -0.2) is 13.5 Å². The second kappa shape index (κ2) is 10.3. The molecule has 1 aromatic rings. The Kier molecular flexibility index (Phi) is 9.05. The number of phosphoric ester groups is 1.